The lowest BCUT2D eigenvalue weighted by molar-refractivity contribution is -0.147. The zero-order chi connectivity index (χ0) is 45.1. The predicted octanol–water partition coefficient (Wildman–Crippen LogP) is 9.39. The highest BCUT2D eigenvalue weighted by molar-refractivity contribution is 6.42. The number of benzene rings is 5. The number of nitrogens with two attached hydrogens (primary N) is 1. The van der Waals surface area contributed by atoms with Crippen molar-refractivity contribution in [2.24, 2.45) is 11.7 Å². The van der Waals surface area contributed by atoms with Crippen molar-refractivity contribution >= 4 is 46.6 Å². The van der Waals surface area contributed by atoms with E-state index in [1.165, 1.54) is 0 Å². The summed E-state index contributed by atoms with van der Waals surface area (Å²) < 4.78 is 18.8. The van der Waals surface area contributed by atoms with Gasteiger partial charge in [-0.25, -0.2) is 4.79 Å². The van der Waals surface area contributed by atoms with E-state index in [4.69, 9.17) is 43.1 Å². The van der Waals surface area contributed by atoms with Crippen molar-refractivity contribution < 1.29 is 33.7 Å². The van der Waals surface area contributed by atoms with Crippen molar-refractivity contribution in [1.82, 2.24) is 10.2 Å². The quantitative estimate of drug-likeness (QED) is 0.0994. The number of carboxylic acid groups (broad SMARTS) is 1. The van der Waals surface area contributed by atoms with Gasteiger partial charge in [-0.05, 0) is 119 Å². The molecule has 12 heteroatoms. The Morgan fingerprint density at radius 1 is 0.875 bits per heavy atom. The van der Waals surface area contributed by atoms with Gasteiger partial charge >= 0.3 is 5.97 Å². The lowest BCUT2D eigenvalue weighted by Crippen LogP contribution is -2.57. The zero-order valence-electron chi connectivity index (χ0n) is 35.6. The molecule has 1 aliphatic carbocycles. The number of aliphatic carboxylic acids is 1. The van der Waals surface area contributed by atoms with Crippen LogP contribution in [-0.2, 0) is 53.2 Å². The van der Waals surface area contributed by atoms with Gasteiger partial charge in [-0.1, -0.05) is 109 Å². The van der Waals surface area contributed by atoms with Crippen LogP contribution in [0.4, 0.5) is 0 Å². The van der Waals surface area contributed by atoms with Crippen LogP contribution in [-0.4, -0.2) is 46.5 Å². The van der Waals surface area contributed by atoms with Crippen LogP contribution in [0.1, 0.15) is 64.5 Å². The second kappa shape index (κ2) is 19.1. The first-order chi connectivity index (χ1) is 30.8. The number of fused-ring (bicyclic) bond motifs is 3. The third kappa shape index (κ3) is 9.68. The second-order valence-corrected chi connectivity index (χ2v) is 17.4. The molecule has 2 amide bonds. The van der Waals surface area contributed by atoms with E-state index in [1.807, 2.05) is 111 Å². The molecular weight excluding hydrogens is 849 g/mol. The summed E-state index contributed by atoms with van der Waals surface area (Å²) in [5, 5.41) is 14.1. The predicted molar refractivity (Wildman–Crippen MR) is 248 cm³/mol. The number of nitrogens with zero attached hydrogens (tertiary/aromatic N) is 1. The first kappa shape index (κ1) is 44.1. The number of allylic oxidation sites excluding steroid dienone is 5. The maximum atomic E-state index is 14.6. The molecule has 5 aromatic carbocycles. The molecule has 0 radical (unpaired) electrons. The molecule has 8 rings (SSSR count). The van der Waals surface area contributed by atoms with Crippen LogP contribution in [0, 0.1) is 5.92 Å². The largest absolute Gasteiger partial charge is 0.489 e. The highest BCUT2D eigenvalue weighted by Gasteiger charge is 2.41. The van der Waals surface area contributed by atoms with Crippen molar-refractivity contribution in [2.75, 3.05) is 6.61 Å². The lowest BCUT2D eigenvalue weighted by atomic mass is 9.90. The Morgan fingerprint density at radius 2 is 1.56 bits per heavy atom. The summed E-state index contributed by atoms with van der Waals surface area (Å²) in [6.45, 7) is 8.31. The van der Waals surface area contributed by atoms with Crippen molar-refractivity contribution in [3.8, 4) is 17.2 Å². The second-order valence-electron chi connectivity index (χ2n) is 16.6. The molecule has 0 spiro atoms. The number of hydrogen-bond donors (Lipinski definition) is 3. The monoisotopic (exact) mass is 897 g/mol. The molecule has 4 N–H and O–H groups in total. The molecule has 0 saturated carbocycles. The van der Waals surface area contributed by atoms with E-state index in [2.05, 4.69) is 11.9 Å². The lowest BCUT2D eigenvalue weighted by Gasteiger charge is -2.39. The van der Waals surface area contributed by atoms with Crippen LogP contribution in [0.3, 0.4) is 0 Å². The number of amides is 2. The van der Waals surface area contributed by atoms with E-state index in [0.717, 1.165) is 55.7 Å². The van der Waals surface area contributed by atoms with E-state index >= 15 is 0 Å². The summed E-state index contributed by atoms with van der Waals surface area (Å²) in [7, 11) is 0. The van der Waals surface area contributed by atoms with Crippen molar-refractivity contribution in [3.63, 3.8) is 0 Å². The van der Waals surface area contributed by atoms with Gasteiger partial charge in [-0.2, -0.15) is 0 Å². The smallest absolute Gasteiger partial charge is 0.326 e. The summed E-state index contributed by atoms with van der Waals surface area (Å²) in [6, 6.07) is 30.1. The Hall–Kier alpha value is -6.49. The van der Waals surface area contributed by atoms with Gasteiger partial charge in [0.2, 0.25) is 11.8 Å². The minimum absolute atomic E-state index is 0.0378. The summed E-state index contributed by atoms with van der Waals surface area (Å²) >= 11 is 12.2. The van der Waals surface area contributed by atoms with E-state index < -0.39 is 30.1 Å². The van der Waals surface area contributed by atoms with Crippen LogP contribution in [0.5, 0.6) is 17.2 Å². The first-order valence-corrected chi connectivity index (χ1v) is 22.0. The molecule has 0 fully saturated rings. The normalized spacial score (nSPS) is 17.7. The molecule has 0 bridgehead atoms. The van der Waals surface area contributed by atoms with Crippen molar-refractivity contribution in [3.05, 3.63) is 188 Å². The number of halogens is 2. The molecule has 5 aromatic rings. The van der Waals surface area contributed by atoms with E-state index in [9.17, 15) is 19.5 Å². The Balaban J connectivity index is 0.997. The van der Waals surface area contributed by atoms with Gasteiger partial charge in [-0.3, -0.25) is 9.59 Å². The fourth-order valence-electron chi connectivity index (χ4n) is 8.62. The number of hydrogen-bond acceptors (Lipinski definition) is 7. The summed E-state index contributed by atoms with van der Waals surface area (Å²) in [5.41, 5.74) is 15.9. The first-order valence-electron chi connectivity index (χ1n) is 21.2. The molecule has 10 nitrogen and oxygen atoms in total. The van der Waals surface area contributed by atoms with Gasteiger partial charge in [0, 0.05) is 31.0 Å². The van der Waals surface area contributed by atoms with Gasteiger partial charge in [0.05, 0.1) is 10.0 Å². The standard InChI is InChI=1S/C52H49Cl2N3O7/c1-4-7-42(30(2)31(3)55)34-13-10-32(11-14-34)21-45(52(60)61)56-50(58)46-24-38-25-47-48(26-40(38)27-57(46)51(59)39-22-36-8-5-6-9-37(36)23-39)64-49(29-63-47)35-15-17-41(18-16-35)62-28-33-12-19-43(53)44(54)20-33/h4-20,25-26,39,45-46,49H,1,21-24,27-29,55H2,2-3H3,(H,56,58)(H,60,61)/b31-30-,42-7+/t45-,46?,49?/m0/s1. The molecule has 3 atom stereocenters. The SMILES string of the molecule is C=C/C=C(\C(C)=C(\C)N)c1ccc(C[C@H](NC(=O)C2Cc3cc4c(cc3CN2C(=O)C2Cc3ccccc3C2)OC(c2ccc(OCc3ccc(Cl)c(Cl)c3)cc2)CO4)C(=O)O)cc1. The van der Waals surface area contributed by atoms with Gasteiger partial charge in [-0.15, -0.1) is 0 Å². The third-order valence-electron chi connectivity index (χ3n) is 12.3. The van der Waals surface area contributed by atoms with Crippen LogP contribution in [0.25, 0.3) is 5.57 Å². The highest BCUT2D eigenvalue weighted by atomic mass is 35.5. The Labute approximate surface area is 382 Å². The Morgan fingerprint density at radius 3 is 2.22 bits per heavy atom. The number of carbonyl (C=O) groups is 3. The van der Waals surface area contributed by atoms with Gasteiger partial charge in [0.1, 0.15) is 31.0 Å². The molecule has 2 aliphatic heterocycles. The molecule has 2 heterocycles. The third-order valence-corrected chi connectivity index (χ3v) is 13.0. The maximum Gasteiger partial charge on any atom is 0.326 e. The Kier molecular flexibility index (Phi) is 13.2. The van der Waals surface area contributed by atoms with Gasteiger partial charge in [0.25, 0.3) is 0 Å². The van der Waals surface area contributed by atoms with E-state index in [0.29, 0.717) is 52.4 Å². The van der Waals surface area contributed by atoms with Crippen LogP contribution in [0.2, 0.25) is 10.0 Å². The summed E-state index contributed by atoms with van der Waals surface area (Å²) in [4.78, 5) is 43.3. The fraction of sp³-hybridized carbons (Fsp3) is 0.250. The summed E-state index contributed by atoms with van der Waals surface area (Å²) in [5.74, 6) is -0.480. The minimum Gasteiger partial charge on any atom is -0.489 e. The number of carboxylic acids is 1. The maximum absolute atomic E-state index is 14.6. The average molecular weight is 899 g/mol. The van der Waals surface area contributed by atoms with Crippen molar-refractivity contribution in [1.29, 1.82) is 0 Å². The zero-order valence-corrected chi connectivity index (χ0v) is 37.1. The van der Waals surface area contributed by atoms with E-state index in [1.54, 1.807) is 23.1 Å². The van der Waals surface area contributed by atoms with Crippen LogP contribution >= 0.6 is 23.2 Å². The molecule has 0 aromatic heterocycles. The fourth-order valence-corrected chi connectivity index (χ4v) is 8.94. The van der Waals surface area contributed by atoms with Gasteiger partial charge in [0.15, 0.2) is 17.6 Å². The number of carbonyl (C=O) groups excluding carboxylic acids is 2. The number of ether oxygens (including phenoxy) is 3. The number of rotatable bonds is 13. The molecule has 3 aliphatic rings. The molecule has 64 heavy (non-hydrogen) atoms. The molecule has 328 valence electrons. The molecular formula is C52H49Cl2N3O7. The minimum atomic E-state index is -1.25. The van der Waals surface area contributed by atoms with Crippen molar-refractivity contribution in [2.45, 2.75) is 70.9 Å². The van der Waals surface area contributed by atoms with Crippen LogP contribution in [0.15, 0.2) is 133 Å². The highest BCUT2D eigenvalue weighted by Crippen LogP contribution is 2.42. The average Bonchev–Trinajstić information content (AvgIpc) is 3.74. The molecule has 0 saturated heterocycles. The van der Waals surface area contributed by atoms with Gasteiger partial charge < -0.3 is 35.3 Å². The van der Waals surface area contributed by atoms with Crippen LogP contribution < -0.4 is 25.3 Å². The topological polar surface area (TPSA) is 140 Å². The summed E-state index contributed by atoms with van der Waals surface area (Å²) in [6.07, 6.45) is 4.50. The molecule has 2 unspecified atom stereocenters. The Bertz CT molecular complexity index is 2650. The van der Waals surface area contributed by atoms with E-state index in [-0.39, 0.29) is 37.8 Å². The number of nitrogens with one attached hydrogen (secondary N) is 1.